The Morgan fingerprint density at radius 2 is 2.44 bits per heavy atom. The summed E-state index contributed by atoms with van der Waals surface area (Å²) in [4.78, 5) is 10.1. The van der Waals surface area contributed by atoms with Gasteiger partial charge in [0.05, 0.1) is 6.26 Å². The SMILES string of the molecule is Bc1coc(C=O)c1C. The fourth-order valence-electron chi connectivity index (χ4n) is 0.639. The van der Waals surface area contributed by atoms with Crippen LogP contribution in [0.15, 0.2) is 10.7 Å². The molecule has 1 heterocycles. The average molecular weight is 122 g/mol. The van der Waals surface area contributed by atoms with Gasteiger partial charge in [-0.25, -0.2) is 0 Å². The molecule has 0 aliphatic heterocycles. The predicted molar refractivity (Wildman–Crippen MR) is 37.0 cm³/mol. The Kier molecular flexibility index (Phi) is 1.43. The number of rotatable bonds is 1. The van der Waals surface area contributed by atoms with E-state index in [-0.39, 0.29) is 0 Å². The minimum Gasteiger partial charge on any atom is -0.462 e. The Labute approximate surface area is 54.3 Å². The van der Waals surface area contributed by atoms with E-state index in [0.29, 0.717) is 5.76 Å². The van der Waals surface area contributed by atoms with Gasteiger partial charge in [-0.15, -0.1) is 0 Å². The number of aldehydes is 1. The third kappa shape index (κ3) is 0.898. The molecule has 0 aliphatic rings. The maximum atomic E-state index is 10.1. The number of furan rings is 1. The summed E-state index contributed by atoms with van der Waals surface area (Å²) >= 11 is 0. The molecular formula is C6H7BO2. The first-order valence-corrected chi connectivity index (χ1v) is 2.75. The Balaban J connectivity index is 3.18. The molecule has 0 fully saturated rings. The van der Waals surface area contributed by atoms with Crippen LogP contribution in [0.2, 0.25) is 0 Å². The number of hydrogen-bond donors (Lipinski definition) is 0. The Morgan fingerprint density at radius 3 is 2.67 bits per heavy atom. The zero-order chi connectivity index (χ0) is 6.85. The Bertz CT molecular complexity index is 227. The molecule has 9 heavy (non-hydrogen) atoms. The predicted octanol–water partition coefficient (Wildman–Crippen LogP) is -0.341. The van der Waals surface area contributed by atoms with Gasteiger partial charge < -0.3 is 4.42 Å². The van der Waals surface area contributed by atoms with Crippen LogP contribution in [-0.4, -0.2) is 14.1 Å². The van der Waals surface area contributed by atoms with Crippen LogP contribution < -0.4 is 5.46 Å². The van der Waals surface area contributed by atoms with Gasteiger partial charge >= 0.3 is 0 Å². The fraction of sp³-hybridized carbons (Fsp3) is 0.167. The van der Waals surface area contributed by atoms with Crippen LogP contribution in [0, 0.1) is 6.92 Å². The van der Waals surface area contributed by atoms with E-state index in [1.807, 2.05) is 14.8 Å². The summed E-state index contributed by atoms with van der Waals surface area (Å²) in [5.41, 5.74) is 1.96. The first kappa shape index (κ1) is 6.14. The van der Waals surface area contributed by atoms with E-state index < -0.39 is 0 Å². The van der Waals surface area contributed by atoms with Crippen LogP contribution in [-0.2, 0) is 0 Å². The van der Waals surface area contributed by atoms with Crippen molar-refractivity contribution in [3.05, 3.63) is 17.6 Å². The van der Waals surface area contributed by atoms with Crippen molar-refractivity contribution >= 4 is 19.6 Å². The van der Waals surface area contributed by atoms with Crippen molar-refractivity contribution in [1.82, 2.24) is 0 Å². The van der Waals surface area contributed by atoms with Gasteiger partial charge in [-0.2, -0.15) is 0 Å². The molecule has 0 aromatic carbocycles. The molecule has 0 radical (unpaired) electrons. The first-order valence-electron chi connectivity index (χ1n) is 2.75. The molecule has 0 atom stereocenters. The minimum absolute atomic E-state index is 0.438. The van der Waals surface area contributed by atoms with E-state index in [4.69, 9.17) is 4.42 Å². The zero-order valence-corrected chi connectivity index (χ0v) is 5.47. The second-order valence-electron chi connectivity index (χ2n) is 2.03. The summed E-state index contributed by atoms with van der Waals surface area (Å²) in [5, 5.41) is 0. The second-order valence-corrected chi connectivity index (χ2v) is 2.03. The first-order chi connectivity index (χ1) is 4.25. The largest absolute Gasteiger partial charge is 0.462 e. The lowest BCUT2D eigenvalue weighted by molar-refractivity contribution is 0.110. The van der Waals surface area contributed by atoms with Crippen molar-refractivity contribution in [2.45, 2.75) is 6.92 Å². The van der Waals surface area contributed by atoms with Gasteiger partial charge in [0.25, 0.3) is 0 Å². The van der Waals surface area contributed by atoms with Crippen LogP contribution in [0.5, 0.6) is 0 Å². The van der Waals surface area contributed by atoms with Crippen molar-refractivity contribution in [2.24, 2.45) is 0 Å². The average Bonchev–Trinajstić information content (AvgIpc) is 2.15. The van der Waals surface area contributed by atoms with Gasteiger partial charge in [-0.3, -0.25) is 4.79 Å². The van der Waals surface area contributed by atoms with Gasteiger partial charge in [-0.1, -0.05) is 0 Å². The van der Waals surface area contributed by atoms with E-state index in [2.05, 4.69) is 0 Å². The van der Waals surface area contributed by atoms with Crippen LogP contribution in [0.4, 0.5) is 0 Å². The van der Waals surface area contributed by atoms with Crippen molar-refractivity contribution in [2.75, 3.05) is 0 Å². The minimum atomic E-state index is 0.438. The molecule has 3 heteroatoms. The molecular weight excluding hydrogens is 115 g/mol. The molecule has 2 nitrogen and oxygen atoms in total. The lowest BCUT2D eigenvalue weighted by atomic mass is 9.95. The van der Waals surface area contributed by atoms with Gasteiger partial charge in [0.1, 0.15) is 7.85 Å². The summed E-state index contributed by atoms with van der Waals surface area (Å²) in [6.45, 7) is 1.86. The summed E-state index contributed by atoms with van der Waals surface area (Å²) in [6.07, 6.45) is 2.31. The van der Waals surface area contributed by atoms with Crippen molar-refractivity contribution in [1.29, 1.82) is 0 Å². The summed E-state index contributed by atoms with van der Waals surface area (Å²) in [6, 6.07) is 0. The molecule has 0 aliphatic carbocycles. The summed E-state index contributed by atoms with van der Waals surface area (Å²) < 4.78 is 4.88. The molecule has 1 aromatic heterocycles. The summed E-state index contributed by atoms with van der Waals surface area (Å²) in [7, 11) is 1.91. The molecule has 0 spiro atoms. The Hall–Kier alpha value is -0.985. The standard InChI is InChI=1S/C6H7BO2/c1-4-5(7)3-9-6(4)2-8/h2-3H,7H2,1H3. The highest BCUT2D eigenvalue weighted by molar-refractivity contribution is 6.33. The molecule has 0 saturated carbocycles. The van der Waals surface area contributed by atoms with E-state index >= 15 is 0 Å². The van der Waals surface area contributed by atoms with Gasteiger partial charge in [-0.05, 0) is 17.9 Å². The van der Waals surface area contributed by atoms with E-state index in [1.54, 1.807) is 6.26 Å². The van der Waals surface area contributed by atoms with Crippen molar-refractivity contribution in [3.63, 3.8) is 0 Å². The lowest BCUT2D eigenvalue weighted by Crippen LogP contribution is -2.01. The topological polar surface area (TPSA) is 30.2 Å². The number of carbonyl (C=O) groups is 1. The summed E-state index contributed by atoms with van der Waals surface area (Å²) in [5.74, 6) is 0.438. The quantitative estimate of drug-likeness (QED) is 0.376. The smallest absolute Gasteiger partial charge is 0.185 e. The highest BCUT2D eigenvalue weighted by atomic mass is 16.3. The molecule has 0 amide bonds. The normalized spacial score (nSPS) is 9.44. The molecule has 1 aromatic rings. The highest BCUT2D eigenvalue weighted by Crippen LogP contribution is 2.00. The molecule has 46 valence electrons. The van der Waals surface area contributed by atoms with Crippen LogP contribution in [0.1, 0.15) is 16.1 Å². The van der Waals surface area contributed by atoms with Crippen LogP contribution in [0.25, 0.3) is 0 Å². The highest BCUT2D eigenvalue weighted by Gasteiger charge is 2.02. The van der Waals surface area contributed by atoms with E-state index in [0.717, 1.165) is 17.3 Å². The van der Waals surface area contributed by atoms with E-state index in [9.17, 15) is 4.79 Å². The zero-order valence-electron chi connectivity index (χ0n) is 5.47. The van der Waals surface area contributed by atoms with Crippen LogP contribution in [0.3, 0.4) is 0 Å². The third-order valence-electron chi connectivity index (χ3n) is 1.43. The molecule has 0 saturated heterocycles. The van der Waals surface area contributed by atoms with Crippen LogP contribution >= 0.6 is 0 Å². The van der Waals surface area contributed by atoms with Crippen molar-refractivity contribution in [3.8, 4) is 0 Å². The molecule has 0 N–H and O–H groups in total. The molecule has 0 unspecified atom stereocenters. The second kappa shape index (κ2) is 2.09. The Morgan fingerprint density at radius 1 is 1.78 bits per heavy atom. The molecule has 1 rings (SSSR count). The van der Waals surface area contributed by atoms with E-state index in [1.165, 1.54) is 0 Å². The fourth-order valence-corrected chi connectivity index (χ4v) is 0.639. The number of carbonyl (C=O) groups excluding carboxylic acids is 1. The maximum absolute atomic E-state index is 10.1. The van der Waals surface area contributed by atoms with Gasteiger partial charge in [0.2, 0.25) is 0 Å². The van der Waals surface area contributed by atoms with Crippen molar-refractivity contribution < 1.29 is 9.21 Å². The monoisotopic (exact) mass is 122 g/mol. The number of hydrogen-bond acceptors (Lipinski definition) is 2. The maximum Gasteiger partial charge on any atom is 0.185 e. The van der Waals surface area contributed by atoms with Gasteiger partial charge in [0, 0.05) is 0 Å². The van der Waals surface area contributed by atoms with Gasteiger partial charge in [0.15, 0.2) is 12.0 Å². The molecule has 0 bridgehead atoms. The lowest BCUT2D eigenvalue weighted by Gasteiger charge is -1.83. The third-order valence-corrected chi connectivity index (χ3v) is 1.43.